The summed E-state index contributed by atoms with van der Waals surface area (Å²) in [4.78, 5) is 13.6. The van der Waals surface area contributed by atoms with Crippen molar-refractivity contribution < 1.29 is 17.9 Å². The first-order chi connectivity index (χ1) is 9.43. The second-order valence-electron chi connectivity index (χ2n) is 4.82. The lowest BCUT2D eigenvalue weighted by atomic mass is 9.98. The number of hydrogen-bond donors (Lipinski definition) is 1. The average Bonchev–Trinajstić information content (AvgIpc) is 2.45. The van der Waals surface area contributed by atoms with E-state index in [0.29, 0.717) is 18.8 Å². The number of para-hydroxylation sites is 1. The molecule has 1 atom stereocenters. The fourth-order valence-corrected chi connectivity index (χ4v) is 3.27. The minimum atomic E-state index is -3.78. The number of nitrogens with zero attached hydrogens (tertiary/aromatic N) is 1. The minimum Gasteiger partial charge on any atom is -0.469 e. The quantitative estimate of drug-likeness (QED) is 0.831. The van der Waals surface area contributed by atoms with Gasteiger partial charge in [-0.3, -0.25) is 4.79 Å². The Balaban J connectivity index is 2.30. The Morgan fingerprint density at radius 1 is 1.40 bits per heavy atom. The first kappa shape index (κ1) is 14.8. The predicted molar refractivity (Wildman–Crippen MR) is 74.8 cm³/mol. The molecule has 0 amide bonds. The Bertz CT molecular complexity index is 600. The zero-order valence-corrected chi connectivity index (χ0v) is 12.1. The highest BCUT2D eigenvalue weighted by atomic mass is 32.2. The van der Waals surface area contributed by atoms with E-state index >= 15 is 0 Å². The molecule has 110 valence electrons. The van der Waals surface area contributed by atoms with Crippen LogP contribution in [0, 0.1) is 5.92 Å². The molecular formula is C13H18N2O4S. The SMILES string of the molecule is COC(=O)C1CCCN(c2ccccc2S(N)(=O)=O)C1. The number of nitrogens with two attached hydrogens (primary N) is 1. The Labute approximate surface area is 118 Å². The number of benzene rings is 1. The molecule has 1 aromatic carbocycles. The highest BCUT2D eigenvalue weighted by Crippen LogP contribution is 2.28. The van der Waals surface area contributed by atoms with Gasteiger partial charge in [-0.25, -0.2) is 13.6 Å². The van der Waals surface area contributed by atoms with Gasteiger partial charge in [0.1, 0.15) is 4.90 Å². The zero-order valence-electron chi connectivity index (χ0n) is 11.3. The molecule has 0 radical (unpaired) electrons. The topological polar surface area (TPSA) is 89.7 Å². The van der Waals surface area contributed by atoms with Crippen molar-refractivity contribution in [2.45, 2.75) is 17.7 Å². The molecule has 2 N–H and O–H groups in total. The van der Waals surface area contributed by atoms with Gasteiger partial charge < -0.3 is 9.64 Å². The molecule has 0 aliphatic carbocycles. The number of carbonyl (C=O) groups is 1. The summed E-state index contributed by atoms with van der Waals surface area (Å²) in [5.74, 6) is -0.495. The largest absolute Gasteiger partial charge is 0.469 e. The van der Waals surface area contributed by atoms with Crippen molar-refractivity contribution in [2.24, 2.45) is 11.1 Å². The van der Waals surface area contributed by atoms with Crippen LogP contribution in [0.2, 0.25) is 0 Å². The highest BCUT2D eigenvalue weighted by Gasteiger charge is 2.28. The van der Waals surface area contributed by atoms with E-state index in [1.807, 2.05) is 4.90 Å². The highest BCUT2D eigenvalue weighted by molar-refractivity contribution is 7.89. The number of rotatable bonds is 3. The number of ether oxygens (including phenoxy) is 1. The lowest BCUT2D eigenvalue weighted by molar-refractivity contribution is -0.145. The van der Waals surface area contributed by atoms with Gasteiger partial charge in [0.2, 0.25) is 10.0 Å². The Hall–Kier alpha value is -1.60. The second-order valence-corrected chi connectivity index (χ2v) is 6.35. The lowest BCUT2D eigenvalue weighted by Crippen LogP contribution is -2.40. The number of piperidine rings is 1. The van der Waals surface area contributed by atoms with Crippen molar-refractivity contribution in [1.82, 2.24) is 0 Å². The van der Waals surface area contributed by atoms with E-state index in [9.17, 15) is 13.2 Å². The molecule has 1 aromatic rings. The summed E-state index contributed by atoms with van der Waals surface area (Å²) in [7, 11) is -2.42. The monoisotopic (exact) mass is 298 g/mol. The third-order valence-corrected chi connectivity index (χ3v) is 4.43. The van der Waals surface area contributed by atoms with Gasteiger partial charge in [-0.15, -0.1) is 0 Å². The van der Waals surface area contributed by atoms with Crippen LogP contribution in [0.1, 0.15) is 12.8 Å². The lowest BCUT2D eigenvalue weighted by Gasteiger charge is -2.33. The van der Waals surface area contributed by atoms with E-state index in [-0.39, 0.29) is 16.8 Å². The summed E-state index contributed by atoms with van der Waals surface area (Å²) >= 11 is 0. The van der Waals surface area contributed by atoms with Gasteiger partial charge in [0.25, 0.3) is 0 Å². The molecule has 0 bridgehead atoms. The molecule has 0 aromatic heterocycles. The van der Waals surface area contributed by atoms with Crippen molar-refractivity contribution in [3.63, 3.8) is 0 Å². The van der Waals surface area contributed by atoms with Gasteiger partial charge in [-0.1, -0.05) is 12.1 Å². The van der Waals surface area contributed by atoms with Crippen LogP contribution in [0.15, 0.2) is 29.2 Å². The van der Waals surface area contributed by atoms with E-state index in [0.717, 1.165) is 12.8 Å². The number of primary sulfonamides is 1. The Kier molecular flexibility index (Phi) is 4.29. The molecule has 1 saturated heterocycles. The summed E-state index contributed by atoms with van der Waals surface area (Å²) in [5.41, 5.74) is 0.545. The summed E-state index contributed by atoms with van der Waals surface area (Å²) in [6, 6.07) is 6.57. The van der Waals surface area contributed by atoms with Crippen LogP contribution in [-0.2, 0) is 19.6 Å². The van der Waals surface area contributed by atoms with E-state index in [4.69, 9.17) is 9.88 Å². The van der Waals surface area contributed by atoms with Crippen LogP contribution in [-0.4, -0.2) is 34.6 Å². The van der Waals surface area contributed by atoms with Crippen LogP contribution in [0.4, 0.5) is 5.69 Å². The van der Waals surface area contributed by atoms with Crippen LogP contribution in [0.3, 0.4) is 0 Å². The van der Waals surface area contributed by atoms with Gasteiger partial charge in [0.05, 0.1) is 18.7 Å². The zero-order chi connectivity index (χ0) is 14.8. The van der Waals surface area contributed by atoms with Crippen LogP contribution in [0.25, 0.3) is 0 Å². The van der Waals surface area contributed by atoms with Crippen molar-refractivity contribution >= 4 is 21.7 Å². The number of esters is 1. The molecule has 6 nitrogen and oxygen atoms in total. The van der Waals surface area contributed by atoms with E-state index in [1.165, 1.54) is 13.2 Å². The smallest absolute Gasteiger partial charge is 0.310 e. The van der Waals surface area contributed by atoms with Crippen molar-refractivity contribution in [3.8, 4) is 0 Å². The normalized spacial score (nSPS) is 19.7. The van der Waals surface area contributed by atoms with Gasteiger partial charge in [0, 0.05) is 13.1 Å². The van der Waals surface area contributed by atoms with Gasteiger partial charge in [-0.05, 0) is 25.0 Å². The predicted octanol–water partition coefficient (Wildman–Crippen LogP) is 0.723. The number of sulfonamides is 1. The summed E-state index contributed by atoms with van der Waals surface area (Å²) in [6.45, 7) is 1.14. The standard InChI is InChI=1S/C13H18N2O4S/c1-19-13(16)10-5-4-8-15(9-10)11-6-2-3-7-12(11)20(14,17)18/h2-3,6-7,10H,4-5,8-9H2,1H3,(H2,14,17,18). The second kappa shape index (κ2) is 5.80. The fraction of sp³-hybridized carbons (Fsp3) is 0.462. The molecule has 1 unspecified atom stereocenters. The maximum absolute atomic E-state index is 11.6. The summed E-state index contributed by atoms with van der Waals surface area (Å²) in [5, 5.41) is 5.24. The molecular weight excluding hydrogens is 280 g/mol. The molecule has 0 spiro atoms. The molecule has 2 rings (SSSR count). The van der Waals surface area contributed by atoms with Gasteiger partial charge in [0.15, 0.2) is 0 Å². The summed E-state index contributed by atoms with van der Waals surface area (Å²) < 4.78 is 28.0. The van der Waals surface area contributed by atoms with Gasteiger partial charge >= 0.3 is 5.97 Å². The molecule has 1 fully saturated rings. The molecule has 1 aliphatic rings. The number of anilines is 1. The Morgan fingerprint density at radius 3 is 2.75 bits per heavy atom. The van der Waals surface area contributed by atoms with E-state index < -0.39 is 10.0 Å². The number of carbonyl (C=O) groups excluding carboxylic acids is 1. The number of methoxy groups -OCH3 is 1. The number of hydrogen-bond acceptors (Lipinski definition) is 5. The van der Waals surface area contributed by atoms with Crippen LogP contribution >= 0.6 is 0 Å². The maximum atomic E-state index is 11.6. The van der Waals surface area contributed by atoms with Crippen molar-refractivity contribution in [3.05, 3.63) is 24.3 Å². The first-order valence-corrected chi connectivity index (χ1v) is 7.92. The fourth-order valence-electron chi connectivity index (χ4n) is 2.51. The molecule has 7 heteroatoms. The van der Waals surface area contributed by atoms with Gasteiger partial charge in [-0.2, -0.15) is 0 Å². The average molecular weight is 298 g/mol. The van der Waals surface area contributed by atoms with Crippen LogP contribution in [0.5, 0.6) is 0 Å². The van der Waals surface area contributed by atoms with Crippen molar-refractivity contribution in [1.29, 1.82) is 0 Å². The summed E-state index contributed by atoms with van der Waals surface area (Å²) in [6.07, 6.45) is 1.55. The third kappa shape index (κ3) is 3.10. The van der Waals surface area contributed by atoms with Crippen molar-refractivity contribution in [2.75, 3.05) is 25.1 Å². The molecule has 1 aliphatic heterocycles. The van der Waals surface area contributed by atoms with E-state index in [1.54, 1.807) is 18.2 Å². The maximum Gasteiger partial charge on any atom is 0.310 e. The molecule has 0 saturated carbocycles. The van der Waals surface area contributed by atoms with Crippen LogP contribution < -0.4 is 10.0 Å². The Morgan fingerprint density at radius 2 is 2.10 bits per heavy atom. The van der Waals surface area contributed by atoms with E-state index in [2.05, 4.69) is 0 Å². The molecule has 20 heavy (non-hydrogen) atoms. The molecule has 1 heterocycles. The third-order valence-electron chi connectivity index (χ3n) is 3.47. The first-order valence-electron chi connectivity index (χ1n) is 6.38. The minimum absolute atomic E-state index is 0.0884.